The van der Waals surface area contributed by atoms with E-state index in [1.54, 1.807) is 36.4 Å². The number of para-hydroxylation sites is 1. The highest BCUT2D eigenvalue weighted by Crippen LogP contribution is 2.44. The highest BCUT2D eigenvalue weighted by atomic mass is 19.1. The molecule has 0 saturated heterocycles. The lowest BCUT2D eigenvalue weighted by Gasteiger charge is -2.13. The van der Waals surface area contributed by atoms with Crippen LogP contribution in [0.25, 0.3) is 33.6 Å². The SMILES string of the molecule is Oc1ccc2c(c1)Cc1c(-c3ccccc3O)cc(-c3ccc(F)cc3)nc1-2. The molecule has 1 aliphatic rings. The van der Waals surface area contributed by atoms with Crippen molar-refractivity contribution >= 4 is 0 Å². The first-order valence-electron chi connectivity index (χ1n) is 9.00. The number of phenolic OH excluding ortho intramolecular Hbond substituents is 2. The Morgan fingerprint density at radius 2 is 1.57 bits per heavy atom. The lowest BCUT2D eigenvalue weighted by molar-refractivity contribution is 0.474. The summed E-state index contributed by atoms with van der Waals surface area (Å²) in [5.74, 6) is 0.112. The van der Waals surface area contributed by atoms with Crippen LogP contribution in [0.2, 0.25) is 0 Å². The number of phenols is 2. The molecular formula is C24H16FNO2. The van der Waals surface area contributed by atoms with Crippen molar-refractivity contribution in [2.24, 2.45) is 0 Å². The van der Waals surface area contributed by atoms with E-state index in [0.717, 1.165) is 39.1 Å². The zero-order valence-corrected chi connectivity index (χ0v) is 14.9. The maximum atomic E-state index is 13.4. The molecule has 0 fully saturated rings. The molecule has 0 amide bonds. The predicted molar refractivity (Wildman–Crippen MR) is 107 cm³/mol. The van der Waals surface area contributed by atoms with Crippen molar-refractivity contribution in [2.45, 2.75) is 6.42 Å². The van der Waals surface area contributed by atoms with Gasteiger partial charge in [-0.05, 0) is 71.3 Å². The van der Waals surface area contributed by atoms with Crippen molar-refractivity contribution in [3.05, 3.63) is 89.7 Å². The summed E-state index contributed by atoms with van der Waals surface area (Å²) in [6, 6.07) is 20.6. The Hall–Kier alpha value is -3.66. The molecule has 1 aliphatic carbocycles. The summed E-state index contributed by atoms with van der Waals surface area (Å²) >= 11 is 0. The van der Waals surface area contributed by atoms with E-state index >= 15 is 0 Å². The Labute approximate surface area is 161 Å². The molecule has 0 aliphatic heterocycles. The topological polar surface area (TPSA) is 53.4 Å². The second-order valence-corrected chi connectivity index (χ2v) is 6.92. The monoisotopic (exact) mass is 369 g/mol. The van der Waals surface area contributed by atoms with Crippen molar-refractivity contribution in [1.82, 2.24) is 4.98 Å². The highest BCUT2D eigenvalue weighted by molar-refractivity contribution is 5.87. The largest absolute Gasteiger partial charge is 0.508 e. The molecule has 0 radical (unpaired) electrons. The first-order chi connectivity index (χ1) is 13.6. The first kappa shape index (κ1) is 16.5. The number of halogens is 1. The number of benzene rings is 3. The summed E-state index contributed by atoms with van der Waals surface area (Å²) in [6.45, 7) is 0. The van der Waals surface area contributed by atoms with Gasteiger partial charge >= 0.3 is 0 Å². The summed E-state index contributed by atoms with van der Waals surface area (Å²) in [5, 5.41) is 20.3. The standard InChI is InChI=1S/C24H16FNO2/c25-16-7-5-14(6-8-16)22-13-20(19-3-1-2-4-23(19)28)21-12-15-11-17(27)9-10-18(15)24(21)26-22/h1-11,13,27-28H,12H2. The number of fused-ring (bicyclic) bond motifs is 3. The Morgan fingerprint density at radius 1 is 0.786 bits per heavy atom. The van der Waals surface area contributed by atoms with Gasteiger partial charge in [0, 0.05) is 23.1 Å². The predicted octanol–water partition coefficient (Wildman–Crippen LogP) is 5.54. The van der Waals surface area contributed by atoms with Crippen LogP contribution in [0.5, 0.6) is 11.5 Å². The van der Waals surface area contributed by atoms with Gasteiger partial charge in [0.15, 0.2) is 0 Å². The van der Waals surface area contributed by atoms with Crippen LogP contribution in [0.1, 0.15) is 11.1 Å². The molecule has 3 aromatic carbocycles. The molecule has 0 atom stereocenters. The molecule has 3 nitrogen and oxygen atoms in total. The molecule has 0 unspecified atom stereocenters. The first-order valence-corrected chi connectivity index (χ1v) is 9.00. The van der Waals surface area contributed by atoms with Crippen molar-refractivity contribution in [2.75, 3.05) is 0 Å². The van der Waals surface area contributed by atoms with Crippen molar-refractivity contribution < 1.29 is 14.6 Å². The maximum Gasteiger partial charge on any atom is 0.123 e. The number of hydrogen-bond acceptors (Lipinski definition) is 3. The van der Waals surface area contributed by atoms with Crippen LogP contribution in [0.3, 0.4) is 0 Å². The van der Waals surface area contributed by atoms with E-state index in [4.69, 9.17) is 4.98 Å². The van der Waals surface area contributed by atoms with Crippen LogP contribution < -0.4 is 0 Å². The third-order valence-electron chi connectivity index (χ3n) is 5.17. The molecule has 1 aromatic heterocycles. The second kappa shape index (κ2) is 6.20. The second-order valence-electron chi connectivity index (χ2n) is 6.92. The normalized spacial score (nSPS) is 11.9. The molecule has 0 saturated carbocycles. The quantitative estimate of drug-likeness (QED) is 0.430. The fraction of sp³-hybridized carbons (Fsp3) is 0.0417. The van der Waals surface area contributed by atoms with Gasteiger partial charge in [0.2, 0.25) is 0 Å². The Bertz CT molecular complexity index is 1220. The minimum Gasteiger partial charge on any atom is -0.508 e. The summed E-state index contributed by atoms with van der Waals surface area (Å²) in [5.41, 5.74) is 6.91. The van der Waals surface area contributed by atoms with Crippen LogP contribution >= 0.6 is 0 Å². The van der Waals surface area contributed by atoms with E-state index in [2.05, 4.69) is 0 Å². The van der Waals surface area contributed by atoms with Crippen LogP contribution in [0.4, 0.5) is 4.39 Å². The van der Waals surface area contributed by atoms with E-state index < -0.39 is 0 Å². The Morgan fingerprint density at radius 3 is 2.36 bits per heavy atom. The molecule has 28 heavy (non-hydrogen) atoms. The van der Waals surface area contributed by atoms with Crippen LogP contribution in [-0.2, 0) is 6.42 Å². The number of aromatic hydroxyl groups is 2. The third-order valence-corrected chi connectivity index (χ3v) is 5.17. The Balaban J connectivity index is 1.79. The molecule has 2 N–H and O–H groups in total. The van der Waals surface area contributed by atoms with E-state index in [0.29, 0.717) is 12.1 Å². The molecule has 1 heterocycles. The average molecular weight is 369 g/mol. The van der Waals surface area contributed by atoms with Crippen molar-refractivity contribution in [3.8, 4) is 45.1 Å². The summed E-state index contributed by atoms with van der Waals surface area (Å²) in [6.07, 6.45) is 0.624. The summed E-state index contributed by atoms with van der Waals surface area (Å²) < 4.78 is 13.4. The third kappa shape index (κ3) is 2.62. The van der Waals surface area contributed by atoms with Crippen LogP contribution in [0.15, 0.2) is 72.8 Å². The molecule has 4 heteroatoms. The smallest absolute Gasteiger partial charge is 0.123 e. The van der Waals surface area contributed by atoms with Gasteiger partial charge in [0.25, 0.3) is 0 Å². The van der Waals surface area contributed by atoms with Gasteiger partial charge in [0.1, 0.15) is 17.3 Å². The number of nitrogens with zero attached hydrogens (tertiary/aromatic N) is 1. The number of aromatic nitrogens is 1. The highest BCUT2D eigenvalue weighted by Gasteiger charge is 2.26. The van der Waals surface area contributed by atoms with Crippen molar-refractivity contribution in [3.63, 3.8) is 0 Å². The zero-order valence-electron chi connectivity index (χ0n) is 14.9. The lowest BCUT2D eigenvalue weighted by Crippen LogP contribution is -1.95. The molecule has 0 bridgehead atoms. The maximum absolute atomic E-state index is 13.4. The van der Waals surface area contributed by atoms with E-state index in [1.165, 1.54) is 12.1 Å². The van der Waals surface area contributed by atoms with Gasteiger partial charge in [-0.2, -0.15) is 0 Å². The fourth-order valence-corrected chi connectivity index (χ4v) is 3.83. The van der Waals surface area contributed by atoms with Crippen molar-refractivity contribution in [1.29, 1.82) is 0 Å². The average Bonchev–Trinajstić information content (AvgIpc) is 3.06. The van der Waals surface area contributed by atoms with Crippen LogP contribution in [0, 0.1) is 5.82 Å². The van der Waals surface area contributed by atoms with Gasteiger partial charge < -0.3 is 10.2 Å². The molecule has 5 rings (SSSR count). The van der Waals surface area contributed by atoms with Gasteiger partial charge in [-0.3, -0.25) is 0 Å². The number of hydrogen-bond donors (Lipinski definition) is 2. The fourth-order valence-electron chi connectivity index (χ4n) is 3.83. The van der Waals surface area contributed by atoms with Gasteiger partial charge in [-0.25, -0.2) is 9.37 Å². The molecule has 0 spiro atoms. The van der Waals surface area contributed by atoms with E-state index in [9.17, 15) is 14.6 Å². The minimum atomic E-state index is -0.299. The van der Waals surface area contributed by atoms with E-state index in [1.807, 2.05) is 24.3 Å². The van der Waals surface area contributed by atoms with Gasteiger partial charge in [-0.1, -0.05) is 18.2 Å². The van der Waals surface area contributed by atoms with Gasteiger partial charge in [-0.15, -0.1) is 0 Å². The molecule has 136 valence electrons. The zero-order chi connectivity index (χ0) is 19.3. The molecular weight excluding hydrogens is 353 g/mol. The Kier molecular flexibility index (Phi) is 3.66. The number of rotatable bonds is 2. The molecule has 4 aromatic rings. The minimum absolute atomic E-state index is 0.194. The number of pyridine rings is 1. The summed E-state index contributed by atoms with van der Waals surface area (Å²) in [4.78, 5) is 4.85. The van der Waals surface area contributed by atoms with Crippen LogP contribution in [-0.4, -0.2) is 15.2 Å². The lowest BCUT2D eigenvalue weighted by atomic mass is 9.95. The van der Waals surface area contributed by atoms with Gasteiger partial charge in [0.05, 0.1) is 11.4 Å². The summed E-state index contributed by atoms with van der Waals surface area (Å²) in [7, 11) is 0. The van der Waals surface area contributed by atoms with E-state index in [-0.39, 0.29) is 17.3 Å².